The highest BCUT2D eigenvalue weighted by molar-refractivity contribution is 5.79. The summed E-state index contributed by atoms with van der Waals surface area (Å²) in [6.45, 7) is 0. The van der Waals surface area contributed by atoms with Crippen LogP contribution in [0.5, 0.6) is 0 Å². The number of para-hydroxylation sites is 2. The van der Waals surface area contributed by atoms with Gasteiger partial charge in [-0.15, -0.1) is 0 Å². The summed E-state index contributed by atoms with van der Waals surface area (Å²) in [5, 5.41) is 3.26. The Balaban J connectivity index is 2.07. The molecule has 0 bridgehead atoms. The molecule has 0 aliphatic rings. The summed E-state index contributed by atoms with van der Waals surface area (Å²) in [4.78, 5) is 7.53. The van der Waals surface area contributed by atoms with Gasteiger partial charge >= 0.3 is 0 Å². The van der Waals surface area contributed by atoms with Gasteiger partial charge in [0, 0.05) is 19.4 Å². The van der Waals surface area contributed by atoms with Crippen LogP contribution in [-0.4, -0.2) is 14.5 Å². The fraction of sp³-hybridized carbons (Fsp3) is 0.0833. The Bertz CT molecular complexity index is 607. The van der Waals surface area contributed by atoms with Crippen molar-refractivity contribution in [3.63, 3.8) is 0 Å². The molecule has 4 heteroatoms. The van der Waals surface area contributed by atoms with Gasteiger partial charge in [0.15, 0.2) is 0 Å². The van der Waals surface area contributed by atoms with E-state index in [1.54, 1.807) is 0 Å². The third-order valence-electron chi connectivity index (χ3n) is 2.64. The number of nitrogens with zero attached hydrogens (tertiary/aromatic N) is 2. The third-order valence-corrected chi connectivity index (χ3v) is 2.64. The highest BCUT2D eigenvalue weighted by Gasteiger charge is 2.06. The number of aryl methyl sites for hydroxylation is 1. The molecular formula is C12H12N4. The maximum atomic E-state index is 4.53. The minimum atomic E-state index is 0.848. The standard InChI is InChI=1S/C12H12N4/c1-16-11-5-3-2-4-10(11)15-12(16)14-9-6-7-13-8-9/h2-8,13H,1H3,(H,14,15). The number of H-pyrrole nitrogens is 1. The highest BCUT2D eigenvalue weighted by Crippen LogP contribution is 2.20. The van der Waals surface area contributed by atoms with Gasteiger partial charge in [0.05, 0.1) is 16.7 Å². The van der Waals surface area contributed by atoms with Gasteiger partial charge in [-0.1, -0.05) is 12.1 Å². The number of hydrogen-bond donors (Lipinski definition) is 2. The van der Waals surface area contributed by atoms with Crippen LogP contribution in [0.2, 0.25) is 0 Å². The Morgan fingerprint density at radius 2 is 2.12 bits per heavy atom. The second-order valence-electron chi connectivity index (χ2n) is 3.71. The van der Waals surface area contributed by atoms with Gasteiger partial charge in [-0.2, -0.15) is 0 Å². The Kier molecular flexibility index (Phi) is 1.93. The Hall–Kier alpha value is -2.23. The molecule has 2 heterocycles. The maximum absolute atomic E-state index is 4.53. The lowest BCUT2D eigenvalue weighted by atomic mass is 10.3. The van der Waals surface area contributed by atoms with Crippen molar-refractivity contribution in [1.82, 2.24) is 14.5 Å². The van der Waals surface area contributed by atoms with Crippen molar-refractivity contribution < 1.29 is 0 Å². The maximum Gasteiger partial charge on any atom is 0.208 e. The summed E-state index contributed by atoms with van der Waals surface area (Å²) in [5.74, 6) is 0.848. The average molecular weight is 212 g/mol. The summed E-state index contributed by atoms with van der Waals surface area (Å²) in [6, 6.07) is 10.1. The van der Waals surface area contributed by atoms with E-state index in [4.69, 9.17) is 0 Å². The van der Waals surface area contributed by atoms with Crippen LogP contribution in [0.15, 0.2) is 42.7 Å². The molecule has 0 amide bonds. The molecule has 2 aromatic heterocycles. The predicted molar refractivity (Wildman–Crippen MR) is 64.8 cm³/mol. The second-order valence-corrected chi connectivity index (χ2v) is 3.71. The molecule has 0 atom stereocenters. The normalized spacial score (nSPS) is 10.8. The lowest BCUT2D eigenvalue weighted by Gasteiger charge is -2.02. The van der Waals surface area contributed by atoms with Gasteiger partial charge in [-0.05, 0) is 18.2 Å². The minimum absolute atomic E-state index is 0.848. The largest absolute Gasteiger partial charge is 0.366 e. The molecule has 3 rings (SSSR count). The molecule has 1 aromatic carbocycles. The van der Waals surface area contributed by atoms with Crippen molar-refractivity contribution in [2.75, 3.05) is 5.32 Å². The van der Waals surface area contributed by atoms with Gasteiger partial charge < -0.3 is 14.9 Å². The van der Waals surface area contributed by atoms with E-state index in [-0.39, 0.29) is 0 Å². The van der Waals surface area contributed by atoms with E-state index in [1.165, 1.54) is 0 Å². The molecule has 0 aliphatic carbocycles. The first-order chi connectivity index (χ1) is 7.84. The van der Waals surface area contributed by atoms with Crippen LogP contribution >= 0.6 is 0 Å². The van der Waals surface area contributed by atoms with Crippen LogP contribution in [0.1, 0.15) is 0 Å². The monoisotopic (exact) mass is 212 g/mol. The first kappa shape index (κ1) is 9.03. The lowest BCUT2D eigenvalue weighted by molar-refractivity contribution is 0.958. The van der Waals surface area contributed by atoms with E-state index in [0.29, 0.717) is 0 Å². The molecule has 0 saturated carbocycles. The number of aromatic nitrogens is 3. The van der Waals surface area contributed by atoms with Crippen molar-refractivity contribution in [3.8, 4) is 0 Å². The highest BCUT2D eigenvalue weighted by atomic mass is 15.2. The number of fused-ring (bicyclic) bond motifs is 1. The Morgan fingerprint density at radius 3 is 2.88 bits per heavy atom. The second kappa shape index (κ2) is 3.41. The first-order valence-electron chi connectivity index (χ1n) is 5.16. The molecule has 0 saturated heterocycles. The Morgan fingerprint density at radius 1 is 1.25 bits per heavy atom. The molecular weight excluding hydrogens is 200 g/mol. The molecule has 2 N–H and O–H groups in total. The van der Waals surface area contributed by atoms with Crippen molar-refractivity contribution in [3.05, 3.63) is 42.7 Å². The zero-order valence-electron chi connectivity index (χ0n) is 8.94. The number of benzene rings is 1. The molecule has 4 nitrogen and oxygen atoms in total. The van der Waals surface area contributed by atoms with Crippen LogP contribution in [-0.2, 0) is 7.05 Å². The zero-order valence-corrected chi connectivity index (χ0v) is 8.94. The molecule has 0 spiro atoms. The fourth-order valence-corrected chi connectivity index (χ4v) is 1.79. The van der Waals surface area contributed by atoms with Gasteiger partial charge in [0.2, 0.25) is 5.95 Å². The fourth-order valence-electron chi connectivity index (χ4n) is 1.79. The van der Waals surface area contributed by atoms with Gasteiger partial charge in [-0.3, -0.25) is 0 Å². The molecule has 3 aromatic rings. The summed E-state index contributed by atoms with van der Waals surface area (Å²) in [5.41, 5.74) is 3.14. The van der Waals surface area contributed by atoms with Crippen molar-refractivity contribution in [2.24, 2.45) is 7.05 Å². The third kappa shape index (κ3) is 1.35. The summed E-state index contributed by atoms with van der Waals surface area (Å²) in [6.07, 6.45) is 3.78. The van der Waals surface area contributed by atoms with E-state index < -0.39 is 0 Å². The van der Waals surface area contributed by atoms with Crippen molar-refractivity contribution in [1.29, 1.82) is 0 Å². The first-order valence-corrected chi connectivity index (χ1v) is 5.16. The zero-order chi connectivity index (χ0) is 11.0. The Labute approximate surface area is 92.9 Å². The van der Waals surface area contributed by atoms with Gasteiger partial charge in [0.25, 0.3) is 0 Å². The SMILES string of the molecule is Cn1c(Nc2cc[nH]c2)nc2ccccc21. The number of imidazole rings is 1. The van der Waals surface area contributed by atoms with Gasteiger partial charge in [0.1, 0.15) is 0 Å². The van der Waals surface area contributed by atoms with E-state index in [2.05, 4.69) is 21.4 Å². The van der Waals surface area contributed by atoms with Crippen LogP contribution in [0.4, 0.5) is 11.6 Å². The van der Waals surface area contributed by atoms with E-state index >= 15 is 0 Å². The lowest BCUT2D eigenvalue weighted by Crippen LogP contribution is -1.97. The topological polar surface area (TPSA) is 45.6 Å². The van der Waals surface area contributed by atoms with Crippen molar-refractivity contribution >= 4 is 22.7 Å². The number of aromatic amines is 1. The minimum Gasteiger partial charge on any atom is -0.366 e. The van der Waals surface area contributed by atoms with E-state index in [1.807, 2.05) is 48.3 Å². The number of rotatable bonds is 2. The summed E-state index contributed by atoms with van der Waals surface area (Å²) in [7, 11) is 2.00. The van der Waals surface area contributed by atoms with Crippen LogP contribution in [0, 0.1) is 0 Å². The smallest absolute Gasteiger partial charge is 0.208 e. The molecule has 16 heavy (non-hydrogen) atoms. The van der Waals surface area contributed by atoms with Crippen LogP contribution < -0.4 is 5.32 Å². The quantitative estimate of drug-likeness (QED) is 0.686. The molecule has 80 valence electrons. The molecule has 0 aliphatic heterocycles. The molecule has 0 unspecified atom stereocenters. The summed E-state index contributed by atoms with van der Waals surface area (Å²) >= 11 is 0. The molecule has 0 fully saturated rings. The predicted octanol–water partition coefficient (Wildman–Crippen LogP) is 2.65. The average Bonchev–Trinajstić information content (AvgIpc) is 2.90. The number of anilines is 2. The van der Waals surface area contributed by atoms with Crippen LogP contribution in [0.25, 0.3) is 11.0 Å². The van der Waals surface area contributed by atoms with Gasteiger partial charge in [-0.25, -0.2) is 4.98 Å². The number of nitrogens with one attached hydrogen (secondary N) is 2. The van der Waals surface area contributed by atoms with E-state index in [9.17, 15) is 0 Å². The van der Waals surface area contributed by atoms with Crippen molar-refractivity contribution in [2.45, 2.75) is 0 Å². The van der Waals surface area contributed by atoms with E-state index in [0.717, 1.165) is 22.7 Å². The number of hydrogen-bond acceptors (Lipinski definition) is 2. The molecule has 0 radical (unpaired) electrons. The summed E-state index contributed by atoms with van der Waals surface area (Å²) < 4.78 is 2.04. The van der Waals surface area contributed by atoms with Crippen LogP contribution in [0.3, 0.4) is 0 Å².